The normalized spacial score (nSPS) is 23.8. The molecule has 1 aliphatic rings. The Kier molecular flexibility index (Phi) is 4.91. The Morgan fingerprint density at radius 3 is 2.72 bits per heavy atom. The van der Waals surface area contributed by atoms with E-state index in [1.807, 2.05) is 18.3 Å². The zero-order valence-electron chi connectivity index (χ0n) is 11.3. The van der Waals surface area contributed by atoms with Crippen LogP contribution in [0.1, 0.15) is 51.0 Å². The van der Waals surface area contributed by atoms with E-state index in [0.717, 1.165) is 25.2 Å². The molecule has 1 saturated carbocycles. The van der Waals surface area contributed by atoms with Crippen LogP contribution in [0.2, 0.25) is 0 Å². The fraction of sp³-hybridized carbons (Fsp3) is 0.625. The summed E-state index contributed by atoms with van der Waals surface area (Å²) in [4.78, 5) is 16.2. The molecule has 18 heavy (non-hydrogen) atoms. The number of nitrogens with zero attached hydrogens (tertiary/aromatic N) is 1. The molecule has 1 aliphatic carbocycles. The third-order valence-electron chi connectivity index (χ3n) is 4.26. The topological polar surface area (TPSA) is 30.0 Å². The molecule has 0 unspecified atom stereocenters. The Labute approximate surface area is 110 Å². The molecule has 0 N–H and O–H groups in total. The number of carbonyl (C=O) groups excluding carboxylic acids is 1. The van der Waals surface area contributed by atoms with Crippen molar-refractivity contribution in [3.63, 3.8) is 0 Å². The van der Waals surface area contributed by atoms with Crippen LogP contribution in [0.25, 0.3) is 0 Å². The summed E-state index contributed by atoms with van der Waals surface area (Å²) in [5.74, 6) is 1.67. The van der Waals surface area contributed by atoms with Crippen molar-refractivity contribution < 1.29 is 4.79 Å². The average molecular weight is 245 g/mol. The van der Waals surface area contributed by atoms with Crippen LogP contribution < -0.4 is 0 Å². The molecule has 2 rings (SSSR count). The van der Waals surface area contributed by atoms with E-state index in [0.29, 0.717) is 18.1 Å². The van der Waals surface area contributed by atoms with Crippen molar-refractivity contribution in [2.45, 2.75) is 51.9 Å². The Morgan fingerprint density at radius 2 is 2.11 bits per heavy atom. The number of aromatic nitrogens is 1. The monoisotopic (exact) mass is 245 g/mol. The minimum atomic E-state index is 0.337. The zero-order chi connectivity index (χ0) is 12.8. The number of pyridine rings is 1. The third kappa shape index (κ3) is 3.66. The Morgan fingerprint density at radius 1 is 1.33 bits per heavy atom. The van der Waals surface area contributed by atoms with Crippen molar-refractivity contribution in [2.75, 3.05) is 0 Å². The molecule has 1 fully saturated rings. The number of hydrogen-bond donors (Lipinski definition) is 0. The van der Waals surface area contributed by atoms with E-state index in [4.69, 9.17) is 0 Å². The second-order valence-electron chi connectivity index (χ2n) is 5.45. The molecule has 0 amide bonds. The predicted molar refractivity (Wildman–Crippen MR) is 73.3 cm³/mol. The van der Waals surface area contributed by atoms with Gasteiger partial charge in [-0.15, -0.1) is 0 Å². The molecule has 2 nitrogen and oxygen atoms in total. The van der Waals surface area contributed by atoms with Gasteiger partial charge in [0.15, 0.2) is 0 Å². The van der Waals surface area contributed by atoms with E-state index < -0.39 is 0 Å². The summed E-state index contributed by atoms with van der Waals surface area (Å²) < 4.78 is 0. The van der Waals surface area contributed by atoms with Crippen LogP contribution in [0.5, 0.6) is 0 Å². The van der Waals surface area contributed by atoms with Gasteiger partial charge in [-0.05, 0) is 49.7 Å². The highest BCUT2D eigenvalue weighted by Crippen LogP contribution is 2.31. The third-order valence-corrected chi connectivity index (χ3v) is 4.26. The lowest BCUT2D eigenvalue weighted by atomic mass is 9.78. The molecular formula is C16H23NO. The fourth-order valence-electron chi connectivity index (χ4n) is 2.91. The highest BCUT2D eigenvalue weighted by atomic mass is 16.1. The van der Waals surface area contributed by atoms with Crippen molar-refractivity contribution >= 4 is 5.78 Å². The standard InChI is InChI=1S/C16H23NO/c1-2-13-5-8-15(9-6-13)16(18)10-7-14-4-3-11-17-12-14/h3-4,11-13,15H,2,5-10H2,1H3. The summed E-state index contributed by atoms with van der Waals surface area (Å²) in [6.45, 7) is 2.26. The maximum absolute atomic E-state index is 12.1. The van der Waals surface area contributed by atoms with Crippen molar-refractivity contribution in [3.05, 3.63) is 30.1 Å². The van der Waals surface area contributed by atoms with Gasteiger partial charge < -0.3 is 0 Å². The van der Waals surface area contributed by atoms with E-state index in [1.165, 1.54) is 24.8 Å². The summed E-state index contributed by atoms with van der Waals surface area (Å²) in [5.41, 5.74) is 1.17. The Balaban J connectivity index is 1.75. The average Bonchev–Trinajstić information content (AvgIpc) is 2.46. The van der Waals surface area contributed by atoms with Gasteiger partial charge >= 0.3 is 0 Å². The highest BCUT2D eigenvalue weighted by Gasteiger charge is 2.24. The van der Waals surface area contributed by atoms with Gasteiger partial charge in [0.25, 0.3) is 0 Å². The maximum Gasteiger partial charge on any atom is 0.136 e. The van der Waals surface area contributed by atoms with E-state index in [-0.39, 0.29) is 0 Å². The molecule has 0 spiro atoms. The van der Waals surface area contributed by atoms with Crippen molar-refractivity contribution in [3.8, 4) is 0 Å². The molecule has 0 atom stereocenters. The number of aryl methyl sites for hydroxylation is 1. The van der Waals surface area contributed by atoms with E-state index in [2.05, 4.69) is 11.9 Å². The molecular weight excluding hydrogens is 222 g/mol. The molecule has 0 radical (unpaired) electrons. The van der Waals surface area contributed by atoms with Crippen LogP contribution in [-0.4, -0.2) is 10.8 Å². The summed E-state index contributed by atoms with van der Waals surface area (Å²) in [6, 6.07) is 3.99. The molecule has 98 valence electrons. The first-order valence-corrected chi connectivity index (χ1v) is 7.21. The number of carbonyl (C=O) groups is 1. The summed E-state index contributed by atoms with van der Waals surface area (Å²) in [5, 5.41) is 0. The van der Waals surface area contributed by atoms with Gasteiger partial charge in [0.05, 0.1) is 0 Å². The van der Waals surface area contributed by atoms with Crippen molar-refractivity contribution in [1.29, 1.82) is 0 Å². The van der Waals surface area contributed by atoms with Crippen LogP contribution in [-0.2, 0) is 11.2 Å². The van der Waals surface area contributed by atoms with E-state index in [9.17, 15) is 4.79 Å². The highest BCUT2D eigenvalue weighted by molar-refractivity contribution is 5.81. The second-order valence-corrected chi connectivity index (χ2v) is 5.45. The van der Waals surface area contributed by atoms with E-state index in [1.54, 1.807) is 6.20 Å². The number of ketones is 1. The van der Waals surface area contributed by atoms with Gasteiger partial charge in [-0.25, -0.2) is 0 Å². The minimum Gasteiger partial charge on any atom is -0.299 e. The molecule has 1 aromatic heterocycles. The zero-order valence-corrected chi connectivity index (χ0v) is 11.3. The first-order chi connectivity index (χ1) is 8.79. The minimum absolute atomic E-state index is 0.337. The second kappa shape index (κ2) is 6.67. The number of Topliss-reactive ketones (excluding diaryl/α,β-unsaturated/α-hetero) is 1. The van der Waals surface area contributed by atoms with Gasteiger partial charge in [0.1, 0.15) is 5.78 Å². The molecule has 2 heteroatoms. The molecule has 0 aliphatic heterocycles. The summed E-state index contributed by atoms with van der Waals surface area (Å²) >= 11 is 0. The maximum atomic E-state index is 12.1. The van der Waals surface area contributed by atoms with Crippen LogP contribution in [0.15, 0.2) is 24.5 Å². The molecule has 0 aromatic carbocycles. The summed E-state index contributed by atoms with van der Waals surface area (Å²) in [7, 11) is 0. The quantitative estimate of drug-likeness (QED) is 0.789. The predicted octanol–water partition coefficient (Wildman–Crippen LogP) is 3.80. The Bertz CT molecular complexity index is 366. The molecule has 1 heterocycles. The lowest BCUT2D eigenvalue weighted by Gasteiger charge is -2.26. The Hall–Kier alpha value is -1.18. The van der Waals surface area contributed by atoms with Crippen LogP contribution >= 0.6 is 0 Å². The van der Waals surface area contributed by atoms with Gasteiger partial charge in [-0.2, -0.15) is 0 Å². The van der Waals surface area contributed by atoms with Crippen LogP contribution in [0, 0.1) is 11.8 Å². The lowest BCUT2D eigenvalue weighted by molar-refractivity contribution is -0.124. The van der Waals surface area contributed by atoms with E-state index >= 15 is 0 Å². The largest absolute Gasteiger partial charge is 0.299 e. The van der Waals surface area contributed by atoms with Crippen LogP contribution in [0.4, 0.5) is 0 Å². The molecule has 1 aromatic rings. The van der Waals surface area contributed by atoms with Gasteiger partial charge in [-0.3, -0.25) is 9.78 Å². The number of rotatable bonds is 5. The van der Waals surface area contributed by atoms with Crippen molar-refractivity contribution in [2.24, 2.45) is 11.8 Å². The lowest BCUT2D eigenvalue weighted by Crippen LogP contribution is -2.22. The first kappa shape index (κ1) is 13.3. The SMILES string of the molecule is CCC1CCC(C(=O)CCc2cccnc2)CC1. The van der Waals surface area contributed by atoms with Gasteiger partial charge in [0, 0.05) is 24.7 Å². The molecule has 0 saturated heterocycles. The van der Waals surface area contributed by atoms with Crippen molar-refractivity contribution in [1.82, 2.24) is 4.98 Å². The smallest absolute Gasteiger partial charge is 0.136 e. The van der Waals surface area contributed by atoms with Gasteiger partial charge in [-0.1, -0.05) is 19.4 Å². The fourth-order valence-corrected chi connectivity index (χ4v) is 2.91. The summed E-state index contributed by atoms with van der Waals surface area (Å²) in [6.07, 6.45) is 11.2. The van der Waals surface area contributed by atoms with Crippen LogP contribution in [0.3, 0.4) is 0 Å². The first-order valence-electron chi connectivity index (χ1n) is 7.21. The number of hydrogen-bond acceptors (Lipinski definition) is 2. The molecule has 0 bridgehead atoms. The van der Waals surface area contributed by atoms with Gasteiger partial charge in [0.2, 0.25) is 0 Å².